The van der Waals surface area contributed by atoms with E-state index in [0.717, 1.165) is 0 Å². The molecule has 2 aromatic rings. The molecule has 8 nitrogen and oxygen atoms in total. The molecule has 0 aliphatic rings. The number of hydrogen-bond donors (Lipinski definition) is 3. The van der Waals surface area contributed by atoms with Crippen LogP contribution in [0, 0.1) is 11.3 Å². The third kappa shape index (κ3) is 6.12. The molecule has 1 aromatic heterocycles. The molecule has 3 atom stereocenters. The summed E-state index contributed by atoms with van der Waals surface area (Å²) in [7, 11) is 0. The summed E-state index contributed by atoms with van der Waals surface area (Å²) in [5, 5.41) is 8.77. The highest BCUT2D eigenvalue weighted by Crippen LogP contribution is 2.22. The molecular weight excluding hydrogens is 408 g/mol. The van der Waals surface area contributed by atoms with Gasteiger partial charge in [-0.3, -0.25) is 19.4 Å². The average molecular weight is 441 g/mol. The predicted molar refractivity (Wildman–Crippen MR) is 123 cm³/mol. The van der Waals surface area contributed by atoms with Crippen molar-refractivity contribution in [2.45, 2.75) is 59.7 Å². The Morgan fingerprint density at radius 3 is 2.19 bits per heavy atom. The van der Waals surface area contributed by atoms with Crippen molar-refractivity contribution >= 4 is 34.9 Å². The Morgan fingerprint density at radius 1 is 0.938 bits per heavy atom. The van der Waals surface area contributed by atoms with E-state index in [1.165, 1.54) is 6.92 Å². The second kappa shape index (κ2) is 10.3. The largest absolute Gasteiger partial charge is 0.345 e. The fraction of sp³-hybridized carbons (Fsp3) is 0.458. The number of rotatable bonds is 8. The monoisotopic (exact) mass is 440 g/mol. The first-order chi connectivity index (χ1) is 15.0. The number of aldehydes is 1. The first-order valence-corrected chi connectivity index (χ1v) is 10.7. The number of benzene rings is 1. The van der Waals surface area contributed by atoms with Crippen molar-refractivity contribution in [2.75, 3.05) is 0 Å². The van der Waals surface area contributed by atoms with Crippen LogP contribution in [0.5, 0.6) is 0 Å². The van der Waals surface area contributed by atoms with Gasteiger partial charge in [-0.2, -0.15) is 0 Å². The number of aromatic nitrogens is 1. The molecule has 0 radical (unpaired) electrons. The summed E-state index contributed by atoms with van der Waals surface area (Å²) in [6.07, 6.45) is 2.22. The van der Waals surface area contributed by atoms with Gasteiger partial charge in [-0.25, -0.2) is 0 Å². The van der Waals surface area contributed by atoms with Crippen LogP contribution in [0.4, 0.5) is 0 Å². The zero-order chi connectivity index (χ0) is 24.1. The molecule has 1 aromatic carbocycles. The minimum Gasteiger partial charge on any atom is -0.345 e. The minimum absolute atomic E-state index is 0.0730. The van der Waals surface area contributed by atoms with Crippen molar-refractivity contribution in [1.29, 1.82) is 0 Å². The molecule has 0 spiro atoms. The highest BCUT2D eigenvalue weighted by atomic mass is 16.2. The fourth-order valence-electron chi connectivity index (χ4n) is 3.19. The molecular formula is C24H32N4O4. The molecule has 1 heterocycles. The van der Waals surface area contributed by atoms with E-state index < -0.39 is 41.3 Å². The van der Waals surface area contributed by atoms with Gasteiger partial charge in [0.1, 0.15) is 18.4 Å². The molecule has 0 aliphatic heterocycles. The lowest BCUT2D eigenvalue weighted by molar-refractivity contribution is -0.131. The van der Waals surface area contributed by atoms with E-state index in [0.29, 0.717) is 22.8 Å². The van der Waals surface area contributed by atoms with Gasteiger partial charge in [0.2, 0.25) is 11.8 Å². The van der Waals surface area contributed by atoms with Crippen molar-refractivity contribution in [3.63, 3.8) is 0 Å². The Kier molecular flexibility index (Phi) is 8.08. The number of carbonyl (C=O) groups excluding carboxylic acids is 4. The highest BCUT2D eigenvalue weighted by molar-refractivity contribution is 6.07. The lowest BCUT2D eigenvalue weighted by Gasteiger charge is -2.31. The van der Waals surface area contributed by atoms with E-state index in [1.807, 2.05) is 52.8 Å². The maximum atomic E-state index is 13.1. The van der Waals surface area contributed by atoms with Gasteiger partial charge < -0.3 is 20.7 Å². The summed E-state index contributed by atoms with van der Waals surface area (Å²) in [6, 6.07) is 6.45. The fourth-order valence-corrected chi connectivity index (χ4v) is 3.19. The summed E-state index contributed by atoms with van der Waals surface area (Å²) < 4.78 is 0. The number of pyridine rings is 1. The number of fused-ring (bicyclic) bond motifs is 1. The van der Waals surface area contributed by atoms with E-state index in [4.69, 9.17) is 0 Å². The minimum atomic E-state index is -0.899. The number of nitrogens with zero attached hydrogens (tertiary/aromatic N) is 1. The molecule has 3 N–H and O–H groups in total. The van der Waals surface area contributed by atoms with E-state index in [2.05, 4.69) is 20.9 Å². The molecule has 3 amide bonds. The van der Waals surface area contributed by atoms with Gasteiger partial charge in [-0.15, -0.1) is 0 Å². The lowest BCUT2D eigenvalue weighted by Crippen LogP contribution is -2.58. The molecule has 0 bridgehead atoms. The van der Waals surface area contributed by atoms with Crippen LogP contribution in [-0.4, -0.2) is 47.1 Å². The Bertz CT molecular complexity index is 992. The summed E-state index contributed by atoms with van der Waals surface area (Å²) in [6.45, 7) is 10.6. The van der Waals surface area contributed by atoms with Crippen molar-refractivity contribution in [3.8, 4) is 0 Å². The standard InChI is InChI=1S/C24H32N4O4/c1-14(2)19(13-29)27-21(30)15(3)26-23(32)20(24(4,5)6)28-22(31)17-11-12-25-18-10-8-7-9-16(17)18/h7-15,19-20H,1-6H3,(H,26,32)(H,27,30)(H,28,31). The third-order valence-corrected chi connectivity index (χ3v) is 5.22. The van der Waals surface area contributed by atoms with E-state index >= 15 is 0 Å². The lowest BCUT2D eigenvalue weighted by atomic mass is 9.85. The topological polar surface area (TPSA) is 117 Å². The zero-order valence-electron chi connectivity index (χ0n) is 19.4. The van der Waals surface area contributed by atoms with Gasteiger partial charge >= 0.3 is 0 Å². The van der Waals surface area contributed by atoms with Gasteiger partial charge in [0.05, 0.1) is 17.1 Å². The third-order valence-electron chi connectivity index (χ3n) is 5.22. The van der Waals surface area contributed by atoms with Crippen LogP contribution in [0.2, 0.25) is 0 Å². The maximum Gasteiger partial charge on any atom is 0.252 e. The van der Waals surface area contributed by atoms with Crippen LogP contribution in [0.25, 0.3) is 10.9 Å². The second-order valence-corrected chi connectivity index (χ2v) is 9.29. The van der Waals surface area contributed by atoms with Crippen LogP contribution in [0.3, 0.4) is 0 Å². The zero-order valence-corrected chi connectivity index (χ0v) is 19.4. The summed E-state index contributed by atoms with van der Waals surface area (Å²) >= 11 is 0. The normalized spacial score (nSPS) is 14.3. The quantitative estimate of drug-likeness (QED) is 0.544. The van der Waals surface area contributed by atoms with Gasteiger partial charge in [0.15, 0.2) is 0 Å². The average Bonchev–Trinajstić information content (AvgIpc) is 2.73. The Labute approximate surface area is 188 Å². The smallest absolute Gasteiger partial charge is 0.252 e. The first-order valence-electron chi connectivity index (χ1n) is 10.7. The van der Waals surface area contributed by atoms with Crippen molar-refractivity contribution in [1.82, 2.24) is 20.9 Å². The van der Waals surface area contributed by atoms with Gasteiger partial charge in [0, 0.05) is 11.6 Å². The van der Waals surface area contributed by atoms with Crippen LogP contribution in [-0.2, 0) is 14.4 Å². The number of nitrogens with one attached hydrogen (secondary N) is 3. The van der Waals surface area contributed by atoms with Crippen LogP contribution in [0.15, 0.2) is 36.5 Å². The van der Waals surface area contributed by atoms with Crippen molar-refractivity contribution in [3.05, 3.63) is 42.1 Å². The predicted octanol–water partition coefficient (Wildman–Crippen LogP) is 2.22. The highest BCUT2D eigenvalue weighted by Gasteiger charge is 2.35. The molecule has 0 fully saturated rings. The molecule has 3 unspecified atom stereocenters. The summed E-state index contributed by atoms with van der Waals surface area (Å²) in [4.78, 5) is 54.0. The van der Waals surface area contributed by atoms with Crippen LogP contribution < -0.4 is 16.0 Å². The molecule has 0 aliphatic carbocycles. The summed E-state index contributed by atoms with van der Waals surface area (Å²) in [5.41, 5.74) is 0.466. The van der Waals surface area contributed by atoms with E-state index in [9.17, 15) is 19.2 Å². The molecule has 32 heavy (non-hydrogen) atoms. The van der Waals surface area contributed by atoms with Crippen LogP contribution in [0.1, 0.15) is 51.9 Å². The number of para-hydroxylation sites is 1. The number of amides is 3. The molecule has 0 saturated heterocycles. The van der Waals surface area contributed by atoms with Crippen molar-refractivity contribution in [2.24, 2.45) is 11.3 Å². The number of carbonyl (C=O) groups is 4. The second-order valence-electron chi connectivity index (χ2n) is 9.29. The Hall–Kier alpha value is -3.29. The van der Waals surface area contributed by atoms with E-state index in [1.54, 1.807) is 18.3 Å². The van der Waals surface area contributed by atoms with E-state index in [-0.39, 0.29) is 5.92 Å². The Balaban J connectivity index is 2.17. The SMILES string of the molecule is CC(NC(=O)C(NC(=O)c1ccnc2ccccc12)C(C)(C)C)C(=O)NC(C=O)C(C)C. The molecule has 2 rings (SSSR count). The van der Waals surface area contributed by atoms with Gasteiger partial charge in [0.25, 0.3) is 5.91 Å². The molecule has 172 valence electrons. The van der Waals surface area contributed by atoms with Gasteiger partial charge in [-0.05, 0) is 30.4 Å². The molecule has 8 heteroatoms. The number of hydrogen-bond acceptors (Lipinski definition) is 5. The van der Waals surface area contributed by atoms with Gasteiger partial charge in [-0.1, -0.05) is 52.8 Å². The maximum absolute atomic E-state index is 13.1. The van der Waals surface area contributed by atoms with Crippen LogP contribution >= 0.6 is 0 Å². The first kappa shape index (κ1) is 25.0. The van der Waals surface area contributed by atoms with Crippen molar-refractivity contribution < 1.29 is 19.2 Å². The Morgan fingerprint density at radius 2 is 1.59 bits per heavy atom. The molecule has 0 saturated carbocycles. The summed E-state index contributed by atoms with van der Waals surface area (Å²) in [5.74, 6) is -1.44.